The van der Waals surface area contributed by atoms with Crippen LogP contribution in [0.2, 0.25) is 0 Å². The number of aryl methyl sites for hydroxylation is 1. The normalized spacial score (nSPS) is 10.5. The smallest absolute Gasteiger partial charge is 0.138 e. The number of hydrogen-bond donors (Lipinski definition) is 1. The van der Waals surface area contributed by atoms with Crippen LogP contribution in [0.1, 0.15) is 11.5 Å². The summed E-state index contributed by atoms with van der Waals surface area (Å²) in [6, 6.07) is 5.83. The van der Waals surface area contributed by atoms with Crippen LogP contribution in [0.3, 0.4) is 0 Å². The Kier molecular flexibility index (Phi) is 2.78. The van der Waals surface area contributed by atoms with Crippen molar-refractivity contribution in [3.63, 3.8) is 0 Å². The minimum atomic E-state index is 0.570. The van der Waals surface area contributed by atoms with Crippen LogP contribution in [-0.4, -0.2) is 16.7 Å². The lowest BCUT2D eigenvalue weighted by atomic mass is 10.2. The SMILES string of the molecule is Cc1ccc(-c2cc(CCN)on2)cn1. The molecule has 0 radical (unpaired) electrons. The molecule has 0 amide bonds. The number of aromatic nitrogens is 2. The Morgan fingerprint density at radius 1 is 1.40 bits per heavy atom. The van der Waals surface area contributed by atoms with Crippen molar-refractivity contribution < 1.29 is 4.52 Å². The molecule has 2 N–H and O–H groups in total. The highest BCUT2D eigenvalue weighted by Crippen LogP contribution is 2.18. The monoisotopic (exact) mass is 203 g/mol. The molecule has 78 valence electrons. The van der Waals surface area contributed by atoms with E-state index >= 15 is 0 Å². The van der Waals surface area contributed by atoms with E-state index in [4.69, 9.17) is 10.3 Å². The fourth-order valence-electron chi connectivity index (χ4n) is 1.33. The first kappa shape index (κ1) is 9.86. The van der Waals surface area contributed by atoms with Gasteiger partial charge in [-0.1, -0.05) is 5.16 Å². The van der Waals surface area contributed by atoms with Crippen molar-refractivity contribution in [2.75, 3.05) is 6.54 Å². The molecular weight excluding hydrogens is 190 g/mol. The molecule has 0 unspecified atom stereocenters. The molecule has 2 aromatic heterocycles. The molecule has 4 nitrogen and oxygen atoms in total. The van der Waals surface area contributed by atoms with E-state index in [0.29, 0.717) is 13.0 Å². The lowest BCUT2D eigenvalue weighted by Gasteiger charge is -1.94. The van der Waals surface area contributed by atoms with E-state index in [0.717, 1.165) is 22.7 Å². The second kappa shape index (κ2) is 4.23. The summed E-state index contributed by atoms with van der Waals surface area (Å²) in [4.78, 5) is 4.20. The lowest BCUT2D eigenvalue weighted by Crippen LogP contribution is -2.01. The number of nitrogens with two attached hydrogens (primary N) is 1. The van der Waals surface area contributed by atoms with E-state index in [-0.39, 0.29) is 0 Å². The zero-order valence-corrected chi connectivity index (χ0v) is 8.60. The van der Waals surface area contributed by atoms with Crippen LogP contribution in [0.25, 0.3) is 11.3 Å². The molecule has 0 bridgehead atoms. The Balaban J connectivity index is 2.25. The largest absolute Gasteiger partial charge is 0.361 e. The lowest BCUT2D eigenvalue weighted by molar-refractivity contribution is 0.386. The van der Waals surface area contributed by atoms with E-state index in [1.807, 2.05) is 25.1 Å². The van der Waals surface area contributed by atoms with Gasteiger partial charge in [0.25, 0.3) is 0 Å². The van der Waals surface area contributed by atoms with E-state index in [2.05, 4.69) is 10.1 Å². The molecule has 2 heterocycles. The van der Waals surface area contributed by atoms with Crippen molar-refractivity contribution in [1.82, 2.24) is 10.1 Å². The first-order chi connectivity index (χ1) is 7.29. The van der Waals surface area contributed by atoms with Crippen LogP contribution in [0.15, 0.2) is 28.9 Å². The first-order valence-corrected chi connectivity index (χ1v) is 4.88. The van der Waals surface area contributed by atoms with Gasteiger partial charge in [0, 0.05) is 29.9 Å². The minimum Gasteiger partial charge on any atom is -0.361 e. The Labute approximate surface area is 88.1 Å². The second-order valence-corrected chi connectivity index (χ2v) is 3.41. The number of nitrogens with zero attached hydrogens (tertiary/aromatic N) is 2. The zero-order chi connectivity index (χ0) is 10.7. The quantitative estimate of drug-likeness (QED) is 0.821. The molecule has 15 heavy (non-hydrogen) atoms. The fraction of sp³-hybridized carbons (Fsp3) is 0.273. The molecule has 0 atom stereocenters. The summed E-state index contributed by atoms with van der Waals surface area (Å²) in [7, 11) is 0. The molecule has 0 spiro atoms. The summed E-state index contributed by atoms with van der Waals surface area (Å²) < 4.78 is 5.13. The standard InChI is InChI=1S/C11H13N3O/c1-8-2-3-9(7-13-8)11-6-10(4-5-12)15-14-11/h2-3,6-7H,4-5,12H2,1H3. The van der Waals surface area contributed by atoms with Crippen LogP contribution in [-0.2, 0) is 6.42 Å². The van der Waals surface area contributed by atoms with E-state index in [9.17, 15) is 0 Å². The molecule has 0 fully saturated rings. The molecule has 0 aromatic carbocycles. The molecular formula is C11H13N3O. The fourth-order valence-corrected chi connectivity index (χ4v) is 1.33. The number of pyridine rings is 1. The van der Waals surface area contributed by atoms with Crippen LogP contribution in [0.5, 0.6) is 0 Å². The van der Waals surface area contributed by atoms with Crippen LogP contribution in [0, 0.1) is 6.92 Å². The van der Waals surface area contributed by atoms with Crippen LogP contribution >= 0.6 is 0 Å². The molecule has 2 rings (SSSR count). The van der Waals surface area contributed by atoms with Crippen LogP contribution in [0.4, 0.5) is 0 Å². The van der Waals surface area contributed by atoms with Crippen LogP contribution < -0.4 is 5.73 Å². The van der Waals surface area contributed by atoms with Crippen molar-refractivity contribution in [2.24, 2.45) is 5.73 Å². The molecule has 0 saturated carbocycles. The van der Waals surface area contributed by atoms with Crippen molar-refractivity contribution in [1.29, 1.82) is 0 Å². The predicted molar refractivity (Wildman–Crippen MR) is 57.2 cm³/mol. The predicted octanol–water partition coefficient (Wildman–Crippen LogP) is 1.55. The maximum absolute atomic E-state index is 5.43. The third kappa shape index (κ3) is 2.22. The topological polar surface area (TPSA) is 64.9 Å². The summed E-state index contributed by atoms with van der Waals surface area (Å²) >= 11 is 0. The molecule has 0 saturated heterocycles. The maximum atomic E-state index is 5.43. The third-order valence-electron chi connectivity index (χ3n) is 2.16. The Morgan fingerprint density at radius 2 is 2.27 bits per heavy atom. The summed E-state index contributed by atoms with van der Waals surface area (Å²) in [6.07, 6.45) is 2.51. The third-order valence-corrected chi connectivity index (χ3v) is 2.16. The van der Waals surface area contributed by atoms with Crippen molar-refractivity contribution in [3.05, 3.63) is 35.9 Å². The summed E-state index contributed by atoms with van der Waals surface area (Å²) in [5, 5.41) is 3.96. The highest BCUT2D eigenvalue weighted by molar-refractivity contribution is 5.57. The number of rotatable bonds is 3. The number of hydrogen-bond acceptors (Lipinski definition) is 4. The van der Waals surface area contributed by atoms with Gasteiger partial charge in [0.15, 0.2) is 0 Å². The second-order valence-electron chi connectivity index (χ2n) is 3.41. The highest BCUT2D eigenvalue weighted by Gasteiger charge is 2.05. The molecule has 0 aliphatic rings. The van der Waals surface area contributed by atoms with Gasteiger partial charge in [-0.05, 0) is 25.6 Å². The average Bonchev–Trinajstić information content (AvgIpc) is 2.68. The summed E-state index contributed by atoms with van der Waals surface area (Å²) in [6.45, 7) is 2.52. The van der Waals surface area contributed by atoms with Gasteiger partial charge in [-0.25, -0.2) is 0 Å². The summed E-state index contributed by atoms with van der Waals surface area (Å²) in [5.74, 6) is 0.813. The van der Waals surface area contributed by atoms with E-state index < -0.39 is 0 Å². The Bertz CT molecular complexity index is 433. The van der Waals surface area contributed by atoms with E-state index in [1.165, 1.54) is 0 Å². The van der Waals surface area contributed by atoms with Gasteiger partial charge in [-0.3, -0.25) is 4.98 Å². The zero-order valence-electron chi connectivity index (χ0n) is 8.60. The van der Waals surface area contributed by atoms with Crippen molar-refractivity contribution >= 4 is 0 Å². The molecule has 4 heteroatoms. The van der Waals surface area contributed by atoms with Gasteiger partial charge >= 0.3 is 0 Å². The van der Waals surface area contributed by atoms with Crippen molar-refractivity contribution in [3.8, 4) is 11.3 Å². The summed E-state index contributed by atoms with van der Waals surface area (Å²) in [5.41, 5.74) is 8.19. The van der Waals surface area contributed by atoms with Gasteiger partial charge in [0.05, 0.1) is 0 Å². The first-order valence-electron chi connectivity index (χ1n) is 4.88. The maximum Gasteiger partial charge on any atom is 0.138 e. The van der Waals surface area contributed by atoms with E-state index in [1.54, 1.807) is 6.20 Å². The molecule has 0 aliphatic heterocycles. The van der Waals surface area contributed by atoms with Gasteiger partial charge in [0.1, 0.15) is 11.5 Å². The average molecular weight is 203 g/mol. The Morgan fingerprint density at radius 3 is 2.93 bits per heavy atom. The molecule has 2 aromatic rings. The highest BCUT2D eigenvalue weighted by atomic mass is 16.5. The van der Waals surface area contributed by atoms with Gasteiger partial charge in [-0.15, -0.1) is 0 Å². The Hall–Kier alpha value is -1.68. The molecule has 0 aliphatic carbocycles. The minimum absolute atomic E-state index is 0.570. The van der Waals surface area contributed by atoms with Gasteiger partial charge < -0.3 is 10.3 Å². The van der Waals surface area contributed by atoms with Crippen molar-refractivity contribution in [2.45, 2.75) is 13.3 Å². The van der Waals surface area contributed by atoms with Gasteiger partial charge in [-0.2, -0.15) is 0 Å². The van der Waals surface area contributed by atoms with Gasteiger partial charge in [0.2, 0.25) is 0 Å².